The fourth-order valence-corrected chi connectivity index (χ4v) is 4.67. The molecule has 0 spiro atoms. The summed E-state index contributed by atoms with van der Waals surface area (Å²) in [6.45, 7) is 0. The molecule has 118 valence electrons. The molecule has 2 fully saturated rings. The van der Waals surface area contributed by atoms with E-state index in [1.165, 1.54) is 19.0 Å². The smallest absolute Gasteiger partial charge is 0.300 e. The SMILES string of the molecule is CN1C2CCC1CC(C(NN)c1cnc(C(F)(F)F)s1)C2. The van der Waals surface area contributed by atoms with E-state index in [4.69, 9.17) is 5.84 Å². The standard InChI is InChI=1S/C13H19F3N4S/c1-20-8-2-3-9(20)5-7(4-8)11(19-17)10-6-18-12(21-10)13(14,15)16/h6-9,11,19H,2-5,17H2,1H3. The van der Waals surface area contributed by atoms with Crippen LogP contribution in [0.1, 0.15) is 41.6 Å². The number of hydrazine groups is 1. The van der Waals surface area contributed by atoms with Crippen LogP contribution < -0.4 is 11.3 Å². The highest BCUT2D eigenvalue weighted by Crippen LogP contribution is 2.44. The molecule has 0 amide bonds. The number of hydrogen-bond acceptors (Lipinski definition) is 5. The molecule has 0 aromatic carbocycles. The Balaban J connectivity index is 1.78. The Labute approximate surface area is 125 Å². The number of nitrogens with zero attached hydrogens (tertiary/aromatic N) is 2. The van der Waals surface area contributed by atoms with E-state index >= 15 is 0 Å². The highest BCUT2D eigenvalue weighted by atomic mass is 32.1. The summed E-state index contributed by atoms with van der Waals surface area (Å²) in [5, 5.41) is -0.798. The first-order chi connectivity index (χ1) is 9.90. The van der Waals surface area contributed by atoms with E-state index in [2.05, 4.69) is 22.4 Å². The molecule has 4 nitrogen and oxygen atoms in total. The average molecular weight is 320 g/mol. The van der Waals surface area contributed by atoms with E-state index in [0.29, 0.717) is 28.3 Å². The number of hydrogen-bond donors (Lipinski definition) is 2. The molecule has 2 aliphatic rings. The summed E-state index contributed by atoms with van der Waals surface area (Å²) in [5.74, 6) is 5.90. The molecule has 0 radical (unpaired) electrons. The number of nitrogens with one attached hydrogen (secondary N) is 1. The molecular formula is C13H19F3N4S. The Morgan fingerprint density at radius 2 is 2.00 bits per heavy atom. The quantitative estimate of drug-likeness (QED) is 0.664. The van der Waals surface area contributed by atoms with Crippen molar-refractivity contribution in [2.24, 2.45) is 11.8 Å². The van der Waals surface area contributed by atoms with Gasteiger partial charge in [-0.25, -0.2) is 4.98 Å². The van der Waals surface area contributed by atoms with Crippen LogP contribution in [-0.4, -0.2) is 29.0 Å². The monoisotopic (exact) mass is 320 g/mol. The number of nitrogens with two attached hydrogens (primary N) is 1. The van der Waals surface area contributed by atoms with Crippen LogP contribution in [0.5, 0.6) is 0 Å². The first-order valence-electron chi connectivity index (χ1n) is 7.11. The van der Waals surface area contributed by atoms with Gasteiger partial charge in [-0.05, 0) is 38.6 Å². The minimum Gasteiger partial charge on any atom is -0.300 e. The van der Waals surface area contributed by atoms with E-state index in [0.717, 1.165) is 12.8 Å². The van der Waals surface area contributed by atoms with Gasteiger partial charge in [0.05, 0.1) is 6.04 Å². The molecule has 0 saturated carbocycles. The van der Waals surface area contributed by atoms with Gasteiger partial charge in [0, 0.05) is 23.2 Å². The molecule has 2 aliphatic heterocycles. The van der Waals surface area contributed by atoms with Crippen LogP contribution >= 0.6 is 11.3 Å². The first kappa shape index (κ1) is 15.2. The van der Waals surface area contributed by atoms with Crippen molar-refractivity contribution in [3.05, 3.63) is 16.1 Å². The van der Waals surface area contributed by atoms with Gasteiger partial charge in [-0.2, -0.15) is 13.2 Å². The van der Waals surface area contributed by atoms with Crippen LogP contribution in [0.15, 0.2) is 6.20 Å². The van der Waals surface area contributed by atoms with Crippen LogP contribution in [0.2, 0.25) is 0 Å². The minimum absolute atomic E-state index is 0.240. The van der Waals surface area contributed by atoms with Gasteiger partial charge in [0.2, 0.25) is 0 Å². The molecule has 3 atom stereocenters. The predicted octanol–water partition coefficient (Wildman–Crippen LogP) is 2.54. The number of rotatable bonds is 3. The van der Waals surface area contributed by atoms with Crippen LogP contribution in [0.25, 0.3) is 0 Å². The zero-order valence-corrected chi connectivity index (χ0v) is 12.5. The highest BCUT2D eigenvalue weighted by Gasteiger charge is 2.42. The lowest BCUT2D eigenvalue weighted by atomic mass is 9.85. The van der Waals surface area contributed by atoms with Crippen molar-refractivity contribution in [1.29, 1.82) is 0 Å². The zero-order valence-electron chi connectivity index (χ0n) is 11.7. The summed E-state index contributed by atoms with van der Waals surface area (Å²) in [4.78, 5) is 6.49. The molecule has 8 heteroatoms. The molecule has 3 heterocycles. The summed E-state index contributed by atoms with van der Waals surface area (Å²) in [5.41, 5.74) is 2.72. The molecule has 0 aliphatic carbocycles. The van der Waals surface area contributed by atoms with Crippen LogP contribution in [0.4, 0.5) is 13.2 Å². The zero-order chi connectivity index (χ0) is 15.2. The van der Waals surface area contributed by atoms with Crippen LogP contribution in [-0.2, 0) is 6.18 Å². The van der Waals surface area contributed by atoms with Crippen LogP contribution in [0, 0.1) is 5.92 Å². The number of piperidine rings is 1. The van der Waals surface area contributed by atoms with E-state index < -0.39 is 11.2 Å². The Hall–Kier alpha value is -0.700. The van der Waals surface area contributed by atoms with Gasteiger partial charge >= 0.3 is 6.18 Å². The molecule has 1 aromatic heterocycles. The van der Waals surface area contributed by atoms with E-state index in [1.807, 2.05) is 0 Å². The van der Waals surface area contributed by atoms with Crippen molar-refractivity contribution in [1.82, 2.24) is 15.3 Å². The maximum absolute atomic E-state index is 12.7. The fourth-order valence-electron chi connectivity index (χ4n) is 3.74. The first-order valence-corrected chi connectivity index (χ1v) is 7.92. The van der Waals surface area contributed by atoms with Crippen molar-refractivity contribution in [3.63, 3.8) is 0 Å². The number of fused-ring (bicyclic) bond motifs is 2. The number of alkyl halides is 3. The molecule has 1 aromatic rings. The van der Waals surface area contributed by atoms with Gasteiger partial charge in [0.25, 0.3) is 0 Å². The van der Waals surface area contributed by atoms with Gasteiger partial charge in [0.15, 0.2) is 5.01 Å². The normalized spacial score (nSPS) is 31.6. The Kier molecular flexibility index (Phi) is 3.98. The summed E-state index contributed by atoms with van der Waals surface area (Å²) < 4.78 is 38.1. The van der Waals surface area contributed by atoms with Gasteiger partial charge in [0.1, 0.15) is 0 Å². The Morgan fingerprint density at radius 1 is 1.38 bits per heavy atom. The maximum Gasteiger partial charge on any atom is 0.443 e. The second-order valence-electron chi connectivity index (χ2n) is 5.99. The minimum atomic E-state index is -4.38. The van der Waals surface area contributed by atoms with Crippen molar-refractivity contribution in [2.45, 2.75) is 50.0 Å². The second-order valence-corrected chi connectivity index (χ2v) is 7.05. The summed E-state index contributed by atoms with van der Waals surface area (Å²) in [6.07, 6.45) is 1.23. The molecule has 3 rings (SSSR count). The third-order valence-electron chi connectivity index (χ3n) is 4.86. The number of aromatic nitrogens is 1. The highest BCUT2D eigenvalue weighted by molar-refractivity contribution is 7.11. The second kappa shape index (κ2) is 5.49. The maximum atomic E-state index is 12.7. The molecular weight excluding hydrogens is 301 g/mol. The van der Waals surface area contributed by atoms with E-state index in [9.17, 15) is 13.2 Å². The van der Waals surface area contributed by atoms with Gasteiger partial charge in [-0.1, -0.05) is 0 Å². The van der Waals surface area contributed by atoms with Gasteiger partial charge in [-0.15, -0.1) is 11.3 Å². The Morgan fingerprint density at radius 3 is 2.48 bits per heavy atom. The third-order valence-corrected chi connectivity index (χ3v) is 5.98. The van der Waals surface area contributed by atoms with Crippen LogP contribution in [0.3, 0.4) is 0 Å². The predicted molar refractivity (Wildman–Crippen MR) is 74.5 cm³/mol. The lowest BCUT2D eigenvalue weighted by Crippen LogP contribution is -2.44. The van der Waals surface area contributed by atoms with Gasteiger partial charge < -0.3 is 4.90 Å². The fraction of sp³-hybridized carbons (Fsp3) is 0.769. The molecule has 2 saturated heterocycles. The lowest BCUT2D eigenvalue weighted by molar-refractivity contribution is -0.137. The molecule has 21 heavy (non-hydrogen) atoms. The molecule has 3 unspecified atom stereocenters. The van der Waals surface area contributed by atoms with Gasteiger partial charge in [-0.3, -0.25) is 11.3 Å². The third kappa shape index (κ3) is 2.81. The van der Waals surface area contributed by atoms with Crippen molar-refractivity contribution in [3.8, 4) is 0 Å². The Bertz CT molecular complexity index is 490. The number of halogens is 3. The largest absolute Gasteiger partial charge is 0.443 e. The van der Waals surface area contributed by atoms with Crippen molar-refractivity contribution in [2.75, 3.05) is 7.05 Å². The van der Waals surface area contributed by atoms with Crippen molar-refractivity contribution >= 4 is 11.3 Å². The summed E-state index contributed by atoms with van der Waals surface area (Å²) in [7, 11) is 2.14. The molecule has 3 N–H and O–H groups in total. The topological polar surface area (TPSA) is 54.2 Å². The summed E-state index contributed by atoms with van der Waals surface area (Å²) >= 11 is 0.698. The summed E-state index contributed by atoms with van der Waals surface area (Å²) in [6, 6.07) is 0.814. The van der Waals surface area contributed by atoms with E-state index in [-0.39, 0.29) is 12.0 Å². The van der Waals surface area contributed by atoms with E-state index in [1.54, 1.807) is 0 Å². The molecule has 2 bridgehead atoms. The number of thiazole rings is 1. The van der Waals surface area contributed by atoms with Crippen molar-refractivity contribution < 1.29 is 13.2 Å². The average Bonchev–Trinajstić information content (AvgIpc) is 2.94. The lowest BCUT2D eigenvalue weighted by Gasteiger charge is -2.39.